The highest BCUT2D eigenvalue weighted by Gasteiger charge is 2.80. The molecular formula is C40H54N4O5. The van der Waals surface area contributed by atoms with Crippen LogP contribution in [0.5, 0.6) is 0 Å². The van der Waals surface area contributed by atoms with E-state index in [4.69, 9.17) is 4.74 Å². The van der Waals surface area contributed by atoms with Crippen LogP contribution in [0.1, 0.15) is 53.0 Å². The van der Waals surface area contributed by atoms with Crippen molar-refractivity contribution in [2.45, 2.75) is 77.2 Å². The van der Waals surface area contributed by atoms with Gasteiger partial charge < -0.3 is 29.4 Å². The Kier molecular flexibility index (Phi) is 11.0. The summed E-state index contributed by atoms with van der Waals surface area (Å²) >= 11 is 0. The molecule has 7 atom stereocenters. The first-order valence-corrected chi connectivity index (χ1v) is 17.9. The summed E-state index contributed by atoms with van der Waals surface area (Å²) in [4.78, 5) is 52.0. The maximum atomic E-state index is 15.3. The topological polar surface area (TPSA) is 93.6 Å². The molecule has 264 valence electrons. The monoisotopic (exact) mass is 670 g/mol. The first-order valence-electron chi connectivity index (χ1n) is 17.9. The fourth-order valence-electron chi connectivity index (χ4n) is 8.81. The van der Waals surface area contributed by atoms with Gasteiger partial charge in [-0.25, -0.2) is 0 Å². The van der Waals surface area contributed by atoms with Crippen LogP contribution in [0.15, 0.2) is 79.9 Å². The molecule has 3 heterocycles. The molecule has 9 nitrogen and oxygen atoms in total. The first-order chi connectivity index (χ1) is 23.6. The molecule has 0 saturated carbocycles. The third-order valence-corrected chi connectivity index (χ3v) is 11.2. The molecule has 3 aliphatic heterocycles. The summed E-state index contributed by atoms with van der Waals surface area (Å²) in [5, 5.41) is 10.9. The molecule has 1 spiro atoms. The number of rotatable bonds is 16. The van der Waals surface area contributed by atoms with Gasteiger partial charge in [0.2, 0.25) is 11.8 Å². The second-order valence-corrected chi connectivity index (χ2v) is 14.0. The molecule has 3 saturated heterocycles. The molecule has 2 bridgehead atoms. The highest BCUT2D eigenvalue weighted by molar-refractivity contribution is 6.05. The smallest absolute Gasteiger partial charge is 0.253 e. The second kappa shape index (κ2) is 14.9. The van der Waals surface area contributed by atoms with Gasteiger partial charge in [0, 0.05) is 44.1 Å². The number of carbonyl (C=O) groups is 3. The van der Waals surface area contributed by atoms with Gasteiger partial charge in [0.1, 0.15) is 11.6 Å². The van der Waals surface area contributed by atoms with Gasteiger partial charge in [-0.05, 0) is 75.8 Å². The number of aliphatic hydroxyl groups is 1. The van der Waals surface area contributed by atoms with Crippen molar-refractivity contribution >= 4 is 29.1 Å². The van der Waals surface area contributed by atoms with Gasteiger partial charge >= 0.3 is 0 Å². The van der Waals surface area contributed by atoms with Crippen LogP contribution in [-0.4, -0.2) is 95.2 Å². The van der Waals surface area contributed by atoms with Crippen molar-refractivity contribution in [1.82, 2.24) is 9.80 Å². The zero-order valence-electron chi connectivity index (χ0n) is 29.9. The van der Waals surface area contributed by atoms with E-state index in [-0.39, 0.29) is 36.8 Å². The van der Waals surface area contributed by atoms with E-state index in [1.165, 1.54) is 0 Å². The number of hydrogen-bond acceptors (Lipinski definition) is 6. The first kappa shape index (κ1) is 36.3. The molecule has 5 rings (SSSR count). The molecular weight excluding hydrogens is 616 g/mol. The molecule has 0 radical (unpaired) electrons. The van der Waals surface area contributed by atoms with E-state index < -0.39 is 35.1 Å². The number of carbonyl (C=O) groups excluding carboxylic acids is 3. The number of nitrogens with zero attached hydrogens (tertiary/aromatic N) is 4. The minimum atomic E-state index is -1.25. The lowest BCUT2D eigenvalue weighted by atomic mass is 9.62. The Balaban J connectivity index is 1.64. The fourth-order valence-corrected chi connectivity index (χ4v) is 8.81. The van der Waals surface area contributed by atoms with Crippen molar-refractivity contribution in [3.05, 3.63) is 85.5 Å². The van der Waals surface area contributed by atoms with Crippen molar-refractivity contribution in [3.63, 3.8) is 0 Å². The van der Waals surface area contributed by atoms with E-state index in [9.17, 15) is 9.90 Å². The van der Waals surface area contributed by atoms with E-state index in [1.54, 1.807) is 26.9 Å². The lowest BCUT2D eigenvalue weighted by molar-refractivity contribution is -0.153. The van der Waals surface area contributed by atoms with Crippen LogP contribution in [0, 0.1) is 17.8 Å². The number of likely N-dealkylation sites (tertiary alicyclic amines) is 1. The zero-order valence-corrected chi connectivity index (χ0v) is 29.9. The van der Waals surface area contributed by atoms with E-state index in [1.807, 2.05) is 68.4 Å². The van der Waals surface area contributed by atoms with Crippen LogP contribution in [-0.2, 0) is 25.5 Å². The molecule has 1 N–H and O–H groups in total. The normalized spacial score (nSPS) is 27.5. The lowest BCUT2D eigenvalue weighted by Gasteiger charge is -2.39. The number of fused-ring (bicyclic) bond motifs is 1. The summed E-state index contributed by atoms with van der Waals surface area (Å²) in [6.45, 7) is 20.5. The van der Waals surface area contributed by atoms with E-state index >= 15 is 9.59 Å². The van der Waals surface area contributed by atoms with Crippen LogP contribution in [0.25, 0.3) is 0 Å². The molecule has 3 aliphatic rings. The SMILES string of the molecule is C=CCN(CCC)C(=O)[C@H]1[C@H]2C(=O)N([C@@H](CO)Cc3ccccc3)C(C(=O)N(CC=C)c3ccc(N(CC)CC)cc3)C23CC(C)[C@]1(C)O3. The minimum absolute atomic E-state index is 0.101. The number of amides is 3. The lowest BCUT2D eigenvalue weighted by Crippen LogP contribution is -2.59. The van der Waals surface area contributed by atoms with Gasteiger partial charge in [-0.2, -0.15) is 0 Å². The molecule has 3 amide bonds. The Hall–Kier alpha value is -3.95. The summed E-state index contributed by atoms with van der Waals surface area (Å²) in [6.07, 6.45) is 4.93. The average molecular weight is 671 g/mol. The summed E-state index contributed by atoms with van der Waals surface area (Å²) in [5.41, 5.74) is 0.466. The van der Waals surface area contributed by atoms with Crippen LogP contribution < -0.4 is 9.80 Å². The van der Waals surface area contributed by atoms with Gasteiger partial charge in [-0.3, -0.25) is 14.4 Å². The molecule has 3 fully saturated rings. The molecule has 3 unspecified atom stereocenters. The maximum Gasteiger partial charge on any atom is 0.253 e. The van der Waals surface area contributed by atoms with Crippen molar-refractivity contribution < 1.29 is 24.2 Å². The second-order valence-electron chi connectivity index (χ2n) is 14.0. The number of benzene rings is 2. The Labute approximate surface area is 292 Å². The Morgan fingerprint density at radius 3 is 2.20 bits per heavy atom. The fraction of sp³-hybridized carbons (Fsp3) is 0.525. The van der Waals surface area contributed by atoms with Gasteiger partial charge in [-0.1, -0.05) is 56.3 Å². The standard InChI is InChI=1S/C40H54N4O5/c1-8-22-42(23-9-2)36(46)33-34-37(47)44(32(27-45)25-29-16-14-13-15-17-29)35(40(34)26-28(6)39(33,7)49-40)38(48)43(24-10-3)31-20-18-30(19-21-31)41(11-4)12-5/h8,10,13-21,28,32-35,45H,1,3,9,11-12,22-27H2,2,4-7H3/t28?,32-,33-,34+,35?,39+,40?/m1/s1. The number of hydrogen-bond donors (Lipinski definition) is 1. The molecule has 9 heteroatoms. The maximum absolute atomic E-state index is 15.3. The predicted molar refractivity (Wildman–Crippen MR) is 194 cm³/mol. The van der Waals surface area contributed by atoms with Gasteiger partial charge in [0.25, 0.3) is 5.91 Å². The van der Waals surface area contributed by atoms with Crippen LogP contribution in [0.2, 0.25) is 0 Å². The van der Waals surface area contributed by atoms with Crippen molar-refractivity contribution in [1.29, 1.82) is 0 Å². The number of ether oxygens (including phenoxy) is 1. The summed E-state index contributed by atoms with van der Waals surface area (Å²) < 4.78 is 7.05. The summed E-state index contributed by atoms with van der Waals surface area (Å²) in [6, 6.07) is 15.8. The van der Waals surface area contributed by atoms with Crippen LogP contribution in [0.4, 0.5) is 11.4 Å². The average Bonchev–Trinajstić information content (AvgIpc) is 3.63. The Bertz CT molecular complexity index is 1510. The van der Waals surface area contributed by atoms with Crippen molar-refractivity contribution in [2.24, 2.45) is 17.8 Å². The Morgan fingerprint density at radius 1 is 1.00 bits per heavy atom. The quantitative estimate of drug-likeness (QED) is 0.250. The highest BCUT2D eigenvalue weighted by Crippen LogP contribution is 2.66. The summed E-state index contributed by atoms with van der Waals surface area (Å²) in [7, 11) is 0. The highest BCUT2D eigenvalue weighted by atomic mass is 16.5. The molecule has 0 aromatic heterocycles. The summed E-state index contributed by atoms with van der Waals surface area (Å²) in [5.74, 6) is -2.53. The molecule has 2 aromatic rings. The minimum Gasteiger partial charge on any atom is -0.394 e. The molecule has 2 aromatic carbocycles. The zero-order chi connectivity index (χ0) is 35.5. The van der Waals surface area contributed by atoms with Crippen molar-refractivity contribution in [2.75, 3.05) is 49.1 Å². The van der Waals surface area contributed by atoms with Crippen LogP contribution >= 0.6 is 0 Å². The van der Waals surface area contributed by atoms with Crippen molar-refractivity contribution in [3.8, 4) is 0 Å². The van der Waals surface area contributed by atoms with E-state index in [2.05, 4.69) is 38.8 Å². The molecule has 49 heavy (non-hydrogen) atoms. The molecule has 0 aliphatic carbocycles. The number of aliphatic hydroxyl groups excluding tert-OH is 1. The number of anilines is 2. The predicted octanol–water partition coefficient (Wildman–Crippen LogP) is 5.09. The largest absolute Gasteiger partial charge is 0.394 e. The van der Waals surface area contributed by atoms with Gasteiger partial charge in [-0.15, -0.1) is 13.2 Å². The van der Waals surface area contributed by atoms with Crippen LogP contribution in [0.3, 0.4) is 0 Å². The van der Waals surface area contributed by atoms with E-state index in [0.717, 1.165) is 30.8 Å². The third kappa shape index (κ3) is 6.20. The van der Waals surface area contributed by atoms with E-state index in [0.29, 0.717) is 31.6 Å². The van der Waals surface area contributed by atoms with Gasteiger partial charge in [0.15, 0.2) is 0 Å². The van der Waals surface area contributed by atoms with Gasteiger partial charge in [0.05, 0.1) is 30.1 Å². The Morgan fingerprint density at radius 2 is 1.63 bits per heavy atom. The third-order valence-electron chi connectivity index (χ3n) is 11.2.